The summed E-state index contributed by atoms with van der Waals surface area (Å²) in [6, 6.07) is 7.71. The van der Waals surface area contributed by atoms with Crippen LogP contribution in [0.15, 0.2) is 92.3 Å². The predicted molar refractivity (Wildman–Crippen MR) is 296 cm³/mol. The number of nitrogens with two attached hydrogens (primary N) is 1. The normalized spacial score (nSPS) is 11.1. The van der Waals surface area contributed by atoms with Gasteiger partial charge in [-0.05, 0) is 62.6 Å². The second kappa shape index (κ2) is 24.4. The summed E-state index contributed by atoms with van der Waals surface area (Å²) in [5.41, 5.74) is 9.05. The minimum atomic E-state index is -0.587. The first-order valence-corrected chi connectivity index (χ1v) is 25.3. The number of unbranched alkanes of at least 4 members (excludes halogenated alkanes) is 2. The molecule has 0 aromatic carbocycles. The fraction of sp³-hybridized carbons (Fsp3) is 0.288. The molecule has 8 heterocycles. The van der Waals surface area contributed by atoms with E-state index in [0.29, 0.717) is 91.7 Å². The summed E-state index contributed by atoms with van der Waals surface area (Å²) in [7, 11) is 11.3. The maximum atomic E-state index is 13.9. The third kappa shape index (κ3) is 12.8. The zero-order valence-electron chi connectivity index (χ0n) is 45.1. The number of rotatable bonds is 23. The number of anilines is 6. The van der Waals surface area contributed by atoms with Gasteiger partial charge in [0.15, 0.2) is 17.5 Å². The van der Waals surface area contributed by atoms with Gasteiger partial charge in [0.1, 0.15) is 28.5 Å². The molecule has 8 aromatic heterocycles. The molecule has 0 saturated carbocycles. The highest BCUT2D eigenvalue weighted by Crippen LogP contribution is 2.23. The van der Waals surface area contributed by atoms with Crippen LogP contribution in [0, 0.1) is 0 Å². The molecule has 8 rings (SSSR count). The van der Waals surface area contributed by atoms with Crippen LogP contribution in [-0.2, 0) is 54.9 Å². The quantitative estimate of drug-likeness (QED) is 0.0416. The molecule has 418 valence electrons. The fourth-order valence-electron chi connectivity index (χ4n) is 8.90. The molecule has 0 aliphatic heterocycles. The van der Waals surface area contributed by atoms with Crippen LogP contribution in [0.1, 0.15) is 110 Å². The van der Waals surface area contributed by atoms with Crippen molar-refractivity contribution in [3.63, 3.8) is 0 Å². The number of carbonyl (C=O) groups excluding carboxylic acids is 8. The molecular formula is C52H62N20O8. The Morgan fingerprint density at radius 2 is 0.800 bits per heavy atom. The first kappa shape index (κ1) is 56.0. The van der Waals surface area contributed by atoms with Gasteiger partial charge < -0.3 is 84.8 Å². The zero-order chi connectivity index (χ0) is 57.4. The van der Waals surface area contributed by atoms with Crippen LogP contribution in [0.25, 0.3) is 0 Å². The van der Waals surface area contributed by atoms with Crippen LogP contribution < -0.4 is 48.3 Å². The number of aryl methyl sites for hydroxylation is 8. The Hall–Kier alpha value is -10.2. The third-order valence-electron chi connectivity index (χ3n) is 12.9. The summed E-state index contributed by atoms with van der Waals surface area (Å²) in [4.78, 5) is 118. The number of aromatic nitrogens is 11. The Morgan fingerprint density at radius 1 is 0.400 bits per heavy atom. The Labute approximate surface area is 457 Å². The van der Waals surface area contributed by atoms with Crippen LogP contribution in [0.5, 0.6) is 0 Å². The van der Waals surface area contributed by atoms with Crippen molar-refractivity contribution >= 4 is 81.5 Å². The van der Waals surface area contributed by atoms with E-state index in [-0.39, 0.29) is 52.2 Å². The van der Waals surface area contributed by atoms with Crippen molar-refractivity contribution in [2.45, 2.75) is 45.3 Å². The van der Waals surface area contributed by atoms with Crippen LogP contribution in [0.4, 0.5) is 34.3 Å². The Balaban J connectivity index is 0.829. The summed E-state index contributed by atoms with van der Waals surface area (Å²) in [5.74, 6) is -3.18. The molecule has 0 bridgehead atoms. The smallest absolute Gasteiger partial charge is 0.292 e. The molecule has 28 nitrogen and oxygen atoms in total. The van der Waals surface area contributed by atoms with Gasteiger partial charge >= 0.3 is 0 Å². The molecule has 0 aliphatic carbocycles. The van der Waals surface area contributed by atoms with Crippen LogP contribution in [0.2, 0.25) is 0 Å². The van der Waals surface area contributed by atoms with Crippen molar-refractivity contribution < 1.29 is 38.4 Å². The number of hydrogen-bond donors (Lipinski definition) is 9. The lowest BCUT2D eigenvalue weighted by Crippen LogP contribution is -2.21. The predicted octanol–water partition coefficient (Wildman–Crippen LogP) is 3.42. The van der Waals surface area contributed by atoms with Gasteiger partial charge in [-0.15, -0.1) is 0 Å². The van der Waals surface area contributed by atoms with Crippen molar-refractivity contribution in [2.75, 3.05) is 52.5 Å². The summed E-state index contributed by atoms with van der Waals surface area (Å²) in [6.07, 6.45) is 18.5. The maximum absolute atomic E-state index is 13.9. The number of nitrogens with one attached hydrogen (secondary N) is 8. The van der Waals surface area contributed by atoms with Crippen molar-refractivity contribution in [2.24, 2.45) is 41.0 Å². The molecule has 0 radical (unpaired) electrons. The number of amides is 8. The largest absolute Gasteiger partial charge is 0.354 e. The van der Waals surface area contributed by atoms with E-state index in [1.807, 2.05) is 0 Å². The topological polar surface area (TPSA) is 337 Å². The first-order chi connectivity index (χ1) is 38.3. The van der Waals surface area contributed by atoms with Crippen LogP contribution >= 0.6 is 0 Å². The maximum Gasteiger partial charge on any atom is 0.292 e. The summed E-state index contributed by atoms with van der Waals surface area (Å²) in [6.45, 7) is 1.61. The van der Waals surface area contributed by atoms with Gasteiger partial charge in [0.25, 0.3) is 47.3 Å². The van der Waals surface area contributed by atoms with Gasteiger partial charge in [0.05, 0.1) is 28.4 Å². The lowest BCUT2D eigenvalue weighted by Gasteiger charge is -2.10. The fourth-order valence-corrected chi connectivity index (χ4v) is 8.90. The number of carbonyl (C=O) groups is 8. The minimum absolute atomic E-state index is 0.000302. The van der Waals surface area contributed by atoms with Gasteiger partial charge in [-0.3, -0.25) is 38.4 Å². The van der Waals surface area contributed by atoms with Crippen molar-refractivity contribution in [1.29, 1.82) is 0 Å². The van der Waals surface area contributed by atoms with E-state index >= 15 is 0 Å². The molecule has 28 heteroatoms. The lowest BCUT2D eigenvalue weighted by atomic mass is 10.2. The van der Waals surface area contributed by atoms with E-state index in [2.05, 4.69) is 57.5 Å². The molecule has 8 amide bonds. The molecule has 0 fully saturated rings. The van der Waals surface area contributed by atoms with Crippen molar-refractivity contribution in [3.05, 3.63) is 138 Å². The molecule has 8 aromatic rings. The molecule has 80 heavy (non-hydrogen) atoms. The van der Waals surface area contributed by atoms with E-state index in [1.54, 1.807) is 123 Å². The zero-order valence-corrected chi connectivity index (χ0v) is 45.1. The van der Waals surface area contributed by atoms with Crippen molar-refractivity contribution in [1.82, 2.24) is 62.1 Å². The van der Waals surface area contributed by atoms with Gasteiger partial charge in [0, 0.05) is 131 Å². The monoisotopic (exact) mass is 1090 g/mol. The molecule has 0 atom stereocenters. The van der Waals surface area contributed by atoms with Gasteiger partial charge in [-0.2, -0.15) is 0 Å². The first-order valence-electron chi connectivity index (χ1n) is 25.3. The Morgan fingerprint density at radius 3 is 1.31 bits per heavy atom. The standard InChI is InChI=1S/C52H62N20O8/c1-54-45(73)36-20-31(25-66(36)4)58-47(75)37-21-32(26-67(37)5)59-48(76)38-22-33(27-68(38)6)61-51(79)43-57-14-19-70(43)15-9-8-10-16-71-28-34(23-39(71)46(74)55-2)60-49(77)40-24-35(29-72(40)17-11-12-53)62-52(80)44-63-41(30-69(44)7)64-50(78)42-56-13-18-65(42)3/h13-14,18-30H,8-12,15-17,53H2,1-7H3,(H,54,73)(H,55,74)(H,58,75)(H,59,76)(H,60,77)(H,61,79)(H,62,80)(H,64,78). The van der Waals surface area contributed by atoms with Crippen LogP contribution in [-0.4, -0.2) is 119 Å². The highest BCUT2D eigenvalue weighted by atomic mass is 16.2. The molecule has 0 spiro atoms. The Bertz CT molecular complexity index is 3650. The summed E-state index contributed by atoms with van der Waals surface area (Å²) in [5, 5.41) is 21.9. The summed E-state index contributed by atoms with van der Waals surface area (Å²) >= 11 is 0. The number of imidazole rings is 3. The highest BCUT2D eigenvalue weighted by Gasteiger charge is 2.24. The van der Waals surface area contributed by atoms with Crippen LogP contribution in [0.3, 0.4) is 0 Å². The summed E-state index contributed by atoms with van der Waals surface area (Å²) < 4.78 is 12.9. The molecule has 10 N–H and O–H groups in total. The van der Waals surface area contributed by atoms with Gasteiger partial charge in [-0.25, -0.2) is 15.0 Å². The second-order valence-electron chi connectivity index (χ2n) is 18.7. The molecular weight excluding hydrogens is 1030 g/mol. The van der Waals surface area contributed by atoms with E-state index < -0.39 is 35.4 Å². The van der Waals surface area contributed by atoms with E-state index in [0.717, 1.165) is 0 Å². The third-order valence-corrected chi connectivity index (χ3v) is 12.9. The van der Waals surface area contributed by atoms with E-state index in [9.17, 15) is 38.4 Å². The molecule has 0 saturated heterocycles. The van der Waals surface area contributed by atoms with Gasteiger partial charge in [0.2, 0.25) is 5.82 Å². The Kier molecular flexibility index (Phi) is 17.1. The average Bonchev–Trinajstić information content (AvgIpc) is 4.30. The second-order valence-corrected chi connectivity index (χ2v) is 18.7. The lowest BCUT2D eigenvalue weighted by molar-refractivity contribution is 0.0946. The minimum Gasteiger partial charge on any atom is -0.354 e. The number of hydrogen-bond acceptors (Lipinski definition) is 12. The van der Waals surface area contributed by atoms with Crippen molar-refractivity contribution in [3.8, 4) is 0 Å². The average molecular weight is 1100 g/mol. The highest BCUT2D eigenvalue weighted by molar-refractivity contribution is 6.09. The van der Waals surface area contributed by atoms with E-state index in [4.69, 9.17) is 5.73 Å². The SMILES string of the molecule is CNC(=O)c1cc(NC(=O)c2cc(NC(=O)c3cc(NC(=O)c4nccn4CCCCCn4cc(NC(=O)c5cc(NC(=O)c6nc(NC(=O)c7nccn7C)cn6C)cn5CCCN)cc4C(=O)NC)cn3C)cn2C)cn1C. The van der Waals surface area contributed by atoms with E-state index in [1.165, 1.54) is 55.5 Å². The number of nitrogens with zero attached hydrogens (tertiary/aromatic N) is 11. The molecule has 0 unspecified atom stereocenters. The molecule has 0 aliphatic rings. The van der Waals surface area contributed by atoms with Gasteiger partial charge in [-0.1, -0.05) is 0 Å².